The predicted octanol–water partition coefficient (Wildman–Crippen LogP) is 3.41. The van der Waals surface area contributed by atoms with E-state index in [1.807, 2.05) is 38.1 Å². The van der Waals surface area contributed by atoms with Crippen molar-refractivity contribution in [3.8, 4) is 0 Å². The Morgan fingerprint density at radius 1 is 1.33 bits per heavy atom. The number of nitrogens with one attached hydrogen (secondary N) is 1. The van der Waals surface area contributed by atoms with Crippen LogP contribution in [0.1, 0.15) is 25.8 Å². The molecule has 0 aliphatic carbocycles. The summed E-state index contributed by atoms with van der Waals surface area (Å²) >= 11 is 5.67. The van der Waals surface area contributed by atoms with E-state index >= 15 is 0 Å². The molecule has 0 saturated heterocycles. The highest BCUT2D eigenvalue weighted by atomic mass is 35.5. The number of rotatable bonds is 4. The fraction of sp³-hybridized carbons (Fsp3) is 0.417. The monoisotopic (exact) mass is 225 g/mol. The Morgan fingerprint density at radius 2 is 1.93 bits per heavy atom. The molecule has 1 aromatic rings. The summed E-state index contributed by atoms with van der Waals surface area (Å²) in [4.78, 5) is 11.4. The van der Waals surface area contributed by atoms with Gasteiger partial charge in [0.2, 0.25) is 5.91 Å². The predicted molar refractivity (Wildman–Crippen MR) is 64.1 cm³/mol. The van der Waals surface area contributed by atoms with Gasteiger partial charge in [-0.3, -0.25) is 4.79 Å². The van der Waals surface area contributed by atoms with Crippen molar-refractivity contribution in [3.05, 3.63) is 29.8 Å². The van der Waals surface area contributed by atoms with Crippen LogP contribution in [0, 0.1) is 5.92 Å². The molecule has 0 fully saturated rings. The van der Waals surface area contributed by atoms with E-state index in [-0.39, 0.29) is 5.91 Å². The highest BCUT2D eigenvalue weighted by Crippen LogP contribution is 2.12. The maximum Gasteiger partial charge on any atom is 0.224 e. The van der Waals surface area contributed by atoms with Gasteiger partial charge in [0.05, 0.1) is 0 Å². The molecule has 0 unspecified atom stereocenters. The molecule has 82 valence electrons. The SMILES string of the molecule is CC(C)CC(=O)Nc1ccc(CCl)cc1. The average molecular weight is 226 g/mol. The second-order valence-electron chi connectivity index (χ2n) is 3.98. The fourth-order valence-corrected chi connectivity index (χ4v) is 1.44. The first kappa shape index (κ1) is 12.1. The molecule has 1 amide bonds. The van der Waals surface area contributed by atoms with Gasteiger partial charge < -0.3 is 5.32 Å². The van der Waals surface area contributed by atoms with Crippen LogP contribution in [-0.2, 0) is 10.7 Å². The van der Waals surface area contributed by atoms with E-state index < -0.39 is 0 Å². The number of carbonyl (C=O) groups is 1. The van der Waals surface area contributed by atoms with E-state index in [4.69, 9.17) is 11.6 Å². The second kappa shape index (κ2) is 5.76. The zero-order valence-corrected chi connectivity index (χ0v) is 9.84. The Kier molecular flexibility index (Phi) is 4.63. The molecule has 0 atom stereocenters. The van der Waals surface area contributed by atoms with Crippen molar-refractivity contribution in [1.82, 2.24) is 0 Å². The number of amides is 1. The molecule has 0 bridgehead atoms. The Labute approximate surface area is 95.6 Å². The van der Waals surface area contributed by atoms with Gasteiger partial charge in [-0.05, 0) is 23.6 Å². The van der Waals surface area contributed by atoms with Crippen molar-refractivity contribution in [2.24, 2.45) is 5.92 Å². The van der Waals surface area contributed by atoms with E-state index in [2.05, 4.69) is 5.32 Å². The van der Waals surface area contributed by atoms with Crippen molar-refractivity contribution < 1.29 is 4.79 Å². The van der Waals surface area contributed by atoms with E-state index in [1.54, 1.807) is 0 Å². The molecule has 2 nitrogen and oxygen atoms in total. The lowest BCUT2D eigenvalue weighted by Crippen LogP contribution is -2.13. The fourth-order valence-electron chi connectivity index (χ4n) is 1.26. The third kappa shape index (κ3) is 4.34. The van der Waals surface area contributed by atoms with Gasteiger partial charge in [0.1, 0.15) is 0 Å². The summed E-state index contributed by atoms with van der Waals surface area (Å²) in [5.74, 6) is 0.941. The molecule has 0 aliphatic heterocycles. The topological polar surface area (TPSA) is 29.1 Å². The average Bonchev–Trinajstić information content (AvgIpc) is 2.17. The van der Waals surface area contributed by atoms with Crippen molar-refractivity contribution >= 4 is 23.2 Å². The third-order valence-corrected chi connectivity index (χ3v) is 2.29. The number of carbonyl (C=O) groups excluding carboxylic acids is 1. The molecule has 0 saturated carbocycles. The van der Waals surface area contributed by atoms with Gasteiger partial charge in [0.15, 0.2) is 0 Å². The van der Waals surface area contributed by atoms with Gasteiger partial charge in [-0.15, -0.1) is 11.6 Å². The van der Waals surface area contributed by atoms with Gasteiger partial charge in [-0.2, -0.15) is 0 Å². The molecular weight excluding hydrogens is 210 g/mol. The van der Waals surface area contributed by atoms with Crippen LogP contribution in [0.15, 0.2) is 24.3 Å². The van der Waals surface area contributed by atoms with Crippen LogP contribution in [0.2, 0.25) is 0 Å². The van der Waals surface area contributed by atoms with Crippen LogP contribution >= 0.6 is 11.6 Å². The molecule has 1 rings (SSSR count). The van der Waals surface area contributed by atoms with Gasteiger partial charge in [-0.1, -0.05) is 26.0 Å². The lowest BCUT2D eigenvalue weighted by atomic mass is 10.1. The largest absolute Gasteiger partial charge is 0.326 e. The van der Waals surface area contributed by atoms with Crippen molar-refractivity contribution in [3.63, 3.8) is 0 Å². The van der Waals surface area contributed by atoms with Gasteiger partial charge in [0.25, 0.3) is 0 Å². The minimum Gasteiger partial charge on any atom is -0.326 e. The van der Waals surface area contributed by atoms with Crippen LogP contribution in [0.5, 0.6) is 0 Å². The molecule has 15 heavy (non-hydrogen) atoms. The lowest BCUT2D eigenvalue weighted by molar-refractivity contribution is -0.116. The Balaban J connectivity index is 2.53. The van der Waals surface area contributed by atoms with Crippen LogP contribution in [0.3, 0.4) is 0 Å². The number of hydrogen-bond donors (Lipinski definition) is 1. The molecule has 0 heterocycles. The molecule has 1 N–H and O–H groups in total. The number of alkyl halides is 1. The summed E-state index contributed by atoms with van der Waals surface area (Å²) in [6.45, 7) is 4.05. The first-order chi connectivity index (χ1) is 7.11. The van der Waals surface area contributed by atoms with Gasteiger partial charge >= 0.3 is 0 Å². The van der Waals surface area contributed by atoms with E-state index in [0.29, 0.717) is 18.2 Å². The van der Waals surface area contributed by atoms with Crippen LogP contribution in [0.25, 0.3) is 0 Å². The normalized spacial score (nSPS) is 10.4. The quantitative estimate of drug-likeness (QED) is 0.782. The molecular formula is C12H16ClNO. The Morgan fingerprint density at radius 3 is 2.40 bits per heavy atom. The van der Waals surface area contributed by atoms with Crippen LogP contribution < -0.4 is 5.32 Å². The number of anilines is 1. The second-order valence-corrected chi connectivity index (χ2v) is 4.24. The molecule has 1 aromatic carbocycles. The number of hydrogen-bond acceptors (Lipinski definition) is 1. The highest BCUT2D eigenvalue weighted by molar-refractivity contribution is 6.17. The zero-order valence-electron chi connectivity index (χ0n) is 9.09. The summed E-state index contributed by atoms with van der Waals surface area (Å²) in [6, 6.07) is 7.57. The summed E-state index contributed by atoms with van der Waals surface area (Å²) in [5, 5.41) is 2.84. The first-order valence-corrected chi connectivity index (χ1v) is 5.60. The summed E-state index contributed by atoms with van der Waals surface area (Å²) in [6.07, 6.45) is 0.553. The van der Waals surface area contributed by atoms with Crippen molar-refractivity contribution in [2.75, 3.05) is 5.32 Å². The lowest BCUT2D eigenvalue weighted by Gasteiger charge is -2.07. The molecule has 0 radical (unpaired) electrons. The van der Waals surface area contributed by atoms with E-state index in [9.17, 15) is 4.79 Å². The number of benzene rings is 1. The molecule has 3 heteroatoms. The Bertz CT molecular complexity index is 319. The highest BCUT2D eigenvalue weighted by Gasteiger charge is 2.04. The summed E-state index contributed by atoms with van der Waals surface area (Å²) in [7, 11) is 0. The summed E-state index contributed by atoms with van der Waals surface area (Å²) in [5.41, 5.74) is 1.88. The minimum absolute atomic E-state index is 0.0589. The first-order valence-electron chi connectivity index (χ1n) is 5.06. The minimum atomic E-state index is 0.0589. The van der Waals surface area contributed by atoms with Crippen molar-refractivity contribution in [2.45, 2.75) is 26.1 Å². The number of halogens is 1. The van der Waals surface area contributed by atoms with Gasteiger partial charge in [-0.25, -0.2) is 0 Å². The van der Waals surface area contributed by atoms with Crippen LogP contribution in [-0.4, -0.2) is 5.91 Å². The van der Waals surface area contributed by atoms with Gasteiger partial charge in [0, 0.05) is 18.0 Å². The maximum atomic E-state index is 11.4. The molecule has 0 spiro atoms. The molecule has 0 aromatic heterocycles. The summed E-state index contributed by atoms with van der Waals surface area (Å²) < 4.78 is 0. The van der Waals surface area contributed by atoms with E-state index in [0.717, 1.165) is 11.3 Å². The standard InChI is InChI=1S/C12H16ClNO/c1-9(2)7-12(15)14-11-5-3-10(8-13)4-6-11/h3-6,9H,7-8H2,1-2H3,(H,14,15). The smallest absolute Gasteiger partial charge is 0.224 e. The molecule has 0 aliphatic rings. The van der Waals surface area contributed by atoms with Crippen molar-refractivity contribution in [1.29, 1.82) is 0 Å². The van der Waals surface area contributed by atoms with E-state index in [1.165, 1.54) is 0 Å². The maximum absolute atomic E-state index is 11.4. The Hall–Kier alpha value is -1.02. The van der Waals surface area contributed by atoms with Crippen LogP contribution in [0.4, 0.5) is 5.69 Å². The third-order valence-electron chi connectivity index (χ3n) is 1.99. The zero-order chi connectivity index (χ0) is 11.3.